The number of hydrogen-bond acceptors (Lipinski definition) is 6. The predicted octanol–water partition coefficient (Wildman–Crippen LogP) is 3.17. The molecule has 182 valence electrons. The van der Waals surface area contributed by atoms with Crippen molar-refractivity contribution >= 4 is 29.4 Å². The van der Waals surface area contributed by atoms with Gasteiger partial charge in [0.25, 0.3) is 0 Å². The Kier molecular flexibility index (Phi) is 8.76. The molecule has 1 saturated heterocycles. The van der Waals surface area contributed by atoms with Crippen LogP contribution in [-0.2, 0) is 25.5 Å². The Bertz CT molecular complexity index is 1030. The molecule has 0 bridgehead atoms. The maximum atomic E-state index is 13.0. The van der Waals surface area contributed by atoms with Crippen molar-refractivity contribution < 1.29 is 28.6 Å². The van der Waals surface area contributed by atoms with Gasteiger partial charge in [-0.25, -0.2) is 0 Å². The van der Waals surface area contributed by atoms with Crippen LogP contribution >= 0.6 is 11.6 Å². The van der Waals surface area contributed by atoms with E-state index in [4.69, 9.17) is 25.8 Å². The van der Waals surface area contributed by atoms with Gasteiger partial charge in [0.1, 0.15) is 0 Å². The molecule has 2 atom stereocenters. The summed E-state index contributed by atoms with van der Waals surface area (Å²) < 4.78 is 15.4. The van der Waals surface area contributed by atoms with Crippen molar-refractivity contribution in [3.8, 4) is 11.5 Å². The number of carbonyl (C=O) groups is 3. The van der Waals surface area contributed by atoms with Crippen LogP contribution < -0.4 is 14.8 Å². The molecule has 1 aliphatic rings. The number of carbonyl (C=O) groups excluding carboxylic acids is 3. The molecule has 2 aromatic carbocycles. The zero-order valence-electron chi connectivity index (χ0n) is 19.5. The lowest BCUT2D eigenvalue weighted by molar-refractivity contribution is -0.141. The summed E-state index contributed by atoms with van der Waals surface area (Å²) in [6.07, 6.45) is 0.729. The van der Waals surface area contributed by atoms with Crippen molar-refractivity contribution in [3.05, 3.63) is 58.6 Å². The molecule has 3 rings (SSSR count). The van der Waals surface area contributed by atoms with E-state index in [0.29, 0.717) is 36.0 Å². The lowest BCUT2D eigenvalue weighted by atomic mass is 10.0. The number of nitrogens with zero attached hydrogens (tertiary/aromatic N) is 1. The third-order valence-electron chi connectivity index (χ3n) is 5.89. The molecular weight excluding hydrogens is 460 g/mol. The summed E-state index contributed by atoms with van der Waals surface area (Å²) in [6, 6.07) is 12.0. The van der Waals surface area contributed by atoms with E-state index >= 15 is 0 Å². The number of rotatable bonds is 10. The quantitative estimate of drug-likeness (QED) is 0.516. The van der Waals surface area contributed by atoms with E-state index in [2.05, 4.69) is 5.32 Å². The van der Waals surface area contributed by atoms with E-state index < -0.39 is 17.9 Å². The maximum absolute atomic E-state index is 13.0. The zero-order valence-corrected chi connectivity index (χ0v) is 20.3. The van der Waals surface area contributed by atoms with Gasteiger partial charge < -0.3 is 24.4 Å². The number of esters is 1. The van der Waals surface area contributed by atoms with Crippen LogP contribution in [-0.4, -0.2) is 57.1 Å². The Morgan fingerprint density at radius 1 is 1.09 bits per heavy atom. The molecule has 1 aliphatic heterocycles. The first kappa shape index (κ1) is 25.4. The van der Waals surface area contributed by atoms with Crippen LogP contribution in [0.3, 0.4) is 0 Å². The second-order valence-corrected chi connectivity index (χ2v) is 8.51. The first-order valence-corrected chi connectivity index (χ1v) is 11.3. The van der Waals surface area contributed by atoms with Gasteiger partial charge in [0.15, 0.2) is 11.5 Å². The summed E-state index contributed by atoms with van der Waals surface area (Å²) in [6.45, 7) is 0.810. The Labute approximate surface area is 204 Å². The van der Waals surface area contributed by atoms with E-state index in [1.165, 1.54) is 7.11 Å². The molecule has 9 heteroatoms. The summed E-state index contributed by atoms with van der Waals surface area (Å²) in [7, 11) is 4.45. The number of likely N-dealkylation sites (tertiary alicyclic amines) is 1. The third kappa shape index (κ3) is 6.41. The van der Waals surface area contributed by atoms with E-state index in [9.17, 15) is 14.4 Å². The molecule has 8 nitrogen and oxygen atoms in total. The molecule has 0 radical (unpaired) electrons. The van der Waals surface area contributed by atoms with Gasteiger partial charge >= 0.3 is 5.97 Å². The second-order valence-electron chi connectivity index (χ2n) is 8.07. The lowest BCUT2D eigenvalue weighted by Crippen LogP contribution is -2.36. The normalized spacial score (nSPS) is 16.2. The zero-order chi connectivity index (χ0) is 24.7. The minimum atomic E-state index is -0.576. The average molecular weight is 489 g/mol. The monoisotopic (exact) mass is 488 g/mol. The van der Waals surface area contributed by atoms with Crippen LogP contribution in [0.1, 0.15) is 30.0 Å². The molecule has 34 heavy (non-hydrogen) atoms. The number of amides is 2. The number of benzene rings is 2. The van der Waals surface area contributed by atoms with Crippen molar-refractivity contribution in [2.24, 2.45) is 5.92 Å². The summed E-state index contributed by atoms with van der Waals surface area (Å²) in [5, 5.41) is 3.46. The fraction of sp³-hybridized carbons (Fsp3) is 0.400. The van der Waals surface area contributed by atoms with Crippen LogP contribution in [0, 0.1) is 5.92 Å². The van der Waals surface area contributed by atoms with Crippen LogP contribution in [0.25, 0.3) is 0 Å². The van der Waals surface area contributed by atoms with Crippen LogP contribution in [0.15, 0.2) is 42.5 Å². The Morgan fingerprint density at radius 3 is 2.44 bits per heavy atom. The van der Waals surface area contributed by atoms with Crippen molar-refractivity contribution in [1.82, 2.24) is 10.2 Å². The van der Waals surface area contributed by atoms with E-state index in [1.54, 1.807) is 43.4 Å². The van der Waals surface area contributed by atoms with Gasteiger partial charge in [-0.05, 0) is 41.8 Å². The fourth-order valence-corrected chi connectivity index (χ4v) is 4.08. The number of halogens is 1. The number of ether oxygens (including phenoxy) is 3. The highest BCUT2D eigenvalue weighted by Gasteiger charge is 2.35. The highest BCUT2D eigenvalue weighted by Crippen LogP contribution is 2.28. The molecule has 1 heterocycles. The van der Waals surface area contributed by atoms with Crippen molar-refractivity contribution in [1.29, 1.82) is 0 Å². The molecule has 0 aliphatic carbocycles. The molecule has 2 aromatic rings. The number of hydrogen-bond donors (Lipinski definition) is 1. The van der Waals surface area contributed by atoms with Gasteiger partial charge in [0.05, 0.1) is 39.7 Å². The Balaban J connectivity index is 1.61. The molecule has 0 saturated carbocycles. The molecular formula is C25H29ClN2O6. The van der Waals surface area contributed by atoms with E-state index in [-0.39, 0.29) is 24.7 Å². The van der Waals surface area contributed by atoms with Gasteiger partial charge in [0, 0.05) is 24.5 Å². The largest absolute Gasteiger partial charge is 0.493 e. The first-order chi connectivity index (χ1) is 16.3. The summed E-state index contributed by atoms with van der Waals surface area (Å²) in [5.41, 5.74) is 1.73. The topological polar surface area (TPSA) is 94.2 Å². The molecule has 2 unspecified atom stereocenters. The summed E-state index contributed by atoms with van der Waals surface area (Å²) in [4.78, 5) is 39.1. The minimum Gasteiger partial charge on any atom is -0.493 e. The van der Waals surface area contributed by atoms with Crippen LogP contribution in [0.5, 0.6) is 11.5 Å². The molecule has 1 fully saturated rings. The minimum absolute atomic E-state index is 0.0203. The Hall–Kier alpha value is -3.26. The molecule has 1 N–H and O–H groups in total. The highest BCUT2D eigenvalue weighted by molar-refractivity contribution is 6.30. The van der Waals surface area contributed by atoms with Gasteiger partial charge in [-0.15, -0.1) is 0 Å². The van der Waals surface area contributed by atoms with Crippen LogP contribution in [0.4, 0.5) is 0 Å². The molecule has 0 aromatic heterocycles. The second kappa shape index (κ2) is 11.7. The highest BCUT2D eigenvalue weighted by atomic mass is 35.5. The van der Waals surface area contributed by atoms with Gasteiger partial charge in [-0.2, -0.15) is 0 Å². The van der Waals surface area contributed by atoms with Crippen molar-refractivity contribution in [3.63, 3.8) is 0 Å². The van der Waals surface area contributed by atoms with E-state index in [1.807, 2.05) is 18.2 Å². The molecule has 2 amide bonds. The summed E-state index contributed by atoms with van der Waals surface area (Å²) >= 11 is 5.96. The van der Waals surface area contributed by atoms with Crippen molar-refractivity contribution in [2.45, 2.75) is 25.3 Å². The van der Waals surface area contributed by atoms with Gasteiger partial charge in [-0.3, -0.25) is 14.4 Å². The standard InChI is InChI=1S/C25H29ClN2O6/c1-32-21-9-4-16(12-22(21)33-2)10-11-28-15-18(13-23(28)29)25(31)27-20(14-24(30)34-3)17-5-7-19(26)8-6-17/h4-9,12,18,20H,10-11,13-15H2,1-3H3,(H,27,31). The van der Waals surface area contributed by atoms with Crippen molar-refractivity contribution in [2.75, 3.05) is 34.4 Å². The fourth-order valence-electron chi connectivity index (χ4n) is 3.95. The van der Waals surface area contributed by atoms with Gasteiger partial charge in [-0.1, -0.05) is 29.8 Å². The van der Waals surface area contributed by atoms with Gasteiger partial charge in [0.2, 0.25) is 11.8 Å². The number of methoxy groups -OCH3 is 3. The third-order valence-corrected chi connectivity index (χ3v) is 6.14. The molecule has 0 spiro atoms. The van der Waals surface area contributed by atoms with Crippen LogP contribution in [0.2, 0.25) is 5.02 Å². The smallest absolute Gasteiger partial charge is 0.307 e. The first-order valence-electron chi connectivity index (χ1n) is 11.0. The van der Waals surface area contributed by atoms with E-state index in [0.717, 1.165) is 11.1 Å². The summed E-state index contributed by atoms with van der Waals surface area (Å²) in [5.74, 6) is -0.0154. The maximum Gasteiger partial charge on any atom is 0.307 e. The number of nitrogens with one attached hydrogen (secondary N) is 1. The average Bonchev–Trinajstić information content (AvgIpc) is 3.22. The Morgan fingerprint density at radius 2 is 1.79 bits per heavy atom. The predicted molar refractivity (Wildman–Crippen MR) is 127 cm³/mol. The lowest BCUT2D eigenvalue weighted by Gasteiger charge is -2.21. The SMILES string of the molecule is COC(=O)CC(NC(=O)C1CC(=O)N(CCc2ccc(OC)c(OC)c2)C1)c1ccc(Cl)cc1.